The van der Waals surface area contributed by atoms with Crippen molar-refractivity contribution in [3.63, 3.8) is 0 Å². The van der Waals surface area contributed by atoms with Gasteiger partial charge in [-0.25, -0.2) is 4.39 Å². The van der Waals surface area contributed by atoms with Crippen molar-refractivity contribution in [2.24, 2.45) is 0 Å². The first-order valence-electron chi connectivity index (χ1n) is 1.87. The Morgan fingerprint density at radius 1 is 1.10 bits per heavy atom. The van der Waals surface area contributed by atoms with Crippen LogP contribution in [0.4, 0.5) is 25.8 Å². The SMILES string of the molecule is F[CH]C(F)(F)C(F)(F)SF. The Labute approximate surface area is 56.9 Å². The summed E-state index contributed by atoms with van der Waals surface area (Å²) in [5.74, 6) is -5.05. The van der Waals surface area contributed by atoms with Crippen LogP contribution >= 0.6 is 12.1 Å². The summed E-state index contributed by atoms with van der Waals surface area (Å²) in [5, 5.41) is -5.03. The predicted molar refractivity (Wildman–Crippen MR) is 24.0 cm³/mol. The molecule has 0 aromatic carbocycles. The van der Waals surface area contributed by atoms with Gasteiger partial charge in [0.2, 0.25) is 6.67 Å². The molecule has 1 radical (unpaired) electrons. The van der Waals surface area contributed by atoms with Crippen molar-refractivity contribution in [3.05, 3.63) is 6.67 Å². The van der Waals surface area contributed by atoms with Gasteiger partial charge in [0.1, 0.15) is 12.1 Å². The summed E-state index contributed by atoms with van der Waals surface area (Å²) >= 11 is -1.90. The molecule has 0 aromatic rings. The minimum atomic E-state index is -5.05. The van der Waals surface area contributed by atoms with Gasteiger partial charge in [0.25, 0.3) is 0 Å². The number of rotatable bonds is 3. The van der Waals surface area contributed by atoms with E-state index < -0.39 is 30.0 Å². The molecule has 0 saturated heterocycles. The fourth-order valence-electron chi connectivity index (χ4n) is 0.115. The van der Waals surface area contributed by atoms with E-state index in [1.807, 2.05) is 0 Å². The van der Waals surface area contributed by atoms with Crippen LogP contribution in [0, 0.1) is 6.67 Å². The molecule has 0 rings (SSSR count). The maximum atomic E-state index is 11.5. The Balaban J connectivity index is 4.28. The van der Waals surface area contributed by atoms with E-state index in [2.05, 4.69) is 0 Å². The molecule has 0 bridgehead atoms. The molecule has 0 heterocycles. The average molecular weight is 183 g/mol. The minimum absolute atomic E-state index is 1.54. The second-order valence-corrected chi connectivity index (χ2v) is 1.99. The Morgan fingerprint density at radius 3 is 1.60 bits per heavy atom. The lowest BCUT2D eigenvalue weighted by atomic mass is 10.4. The van der Waals surface area contributed by atoms with E-state index in [1.165, 1.54) is 0 Å². The van der Waals surface area contributed by atoms with Crippen LogP contribution in [-0.2, 0) is 0 Å². The summed E-state index contributed by atoms with van der Waals surface area (Å²) in [6, 6.07) is 0. The molecular formula is C3HF6S. The van der Waals surface area contributed by atoms with Crippen molar-refractivity contribution >= 4 is 12.1 Å². The van der Waals surface area contributed by atoms with Crippen LogP contribution in [0.2, 0.25) is 0 Å². The number of halogens is 6. The largest absolute Gasteiger partial charge is 0.387 e. The molecule has 0 unspecified atom stereocenters. The monoisotopic (exact) mass is 183 g/mol. The molecule has 0 saturated carbocycles. The summed E-state index contributed by atoms with van der Waals surface area (Å²) in [4.78, 5) is 0. The topological polar surface area (TPSA) is 0 Å². The highest BCUT2D eigenvalue weighted by atomic mass is 32.2. The summed E-state index contributed by atoms with van der Waals surface area (Å²) in [5.41, 5.74) is 0. The zero-order chi connectivity index (χ0) is 8.41. The molecule has 7 heteroatoms. The molecule has 0 N–H and O–H groups in total. The summed E-state index contributed by atoms with van der Waals surface area (Å²) < 4.78 is 67.8. The predicted octanol–water partition coefficient (Wildman–Crippen LogP) is 2.96. The number of alkyl halides is 4. The van der Waals surface area contributed by atoms with E-state index in [-0.39, 0.29) is 0 Å². The van der Waals surface area contributed by atoms with E-state index in [4.69, 9.17) is 0 Å². The standard InChI is InChI=1S/C3HF6S/c4-1-2(5,6)3(7,8)10-9/h1H. The molecule has 0 aromatic heterocycles. The molecule has 0 nitrogen and oxygen atoms in total. The maximum Gasteiger partial charge on any atom is 0.387 e. The average Bonchev–Trinajstić information content (AvgIpc) is 1.88. The Morgan fingerprint density at radius 2 is 1.50 bits per heavy atom. The quantitative estimate of drug-likeness (QED) is 0.606. The normalized spacial score (nSPS) is 13.8. The van der Waals surface area contributed by atoms with Gasteiger partial charge in [-0.2, -0.15) is 21.4 Å². The first-order chi connectivity index (χ1) is 4.37. The van der Waals surface area contributed by atoms with Gasteiger partial charge < -0.3 is 0 Å². The highest BCUT2D eigenvalue weighted by Crippen LogP contribution is 2.45. The lowest BCUT2D eigenvalue weighted by molar-refractivity contribution is -0.141. The fraction of sp³-hybridized carbons (Fsp3) is 0.667. The molecule has 0 aliphatic rings. The van der Waals surface area contributed by atoms with E-state index in [1.54, 1.807) is 0 Å². The Bertz CT molecular complexity index is 97.6. The molecule has 0 aliphatic heterocycles. The second kappa shape index (κ2) is 2.89. The molecule has 0 spiro atoms. The lowest BCUT2D eigenvalue weighted by Crippen LogP contribution is -2.36. The van der Waals surface area contributed by atoms with Crippen molar-refractivity contribution in [1.82, 2.24) is 0 Å². The molecule has 0 aliphatic carbocycles. The zero-order valence-corrected chi connectivity index (χ0v) is 5.07. The van der Waals surface area contributed by atoms with E-state index in [9.17, 15) is 25.8 Å². The molecular weight excluding hydrogens is 182 g/mol. The first-order valence-corrected chi connectivity index (χ1v) is 2.59. The minimum Gasteiger partial charge on any atom is -0.237 e. The highest BCUT2D eigenvalue weighted by molar-refractivity contribution is 7.95. The number of hydrogen-bond acceptors (Lipinski definition) is 1. The second-order valence-electron chi connectivity index (χ2n) is 1.33. The van der Waals surface area contributed by atoms with Gasteiger partial charge in [0.05, 0.1) is 0 Å². The fourth-order valence-corrected chi connectivity index (χ4v) is 0.262. The molecule has 61 valence electrons. The van der Waals surface area contributed by atoms with Crippen molar-refractivity contribution in [1.29, 1.82) is 0 Å². The third-order valence-electron chi connectivity index (χ3n) is 0.622. The van der Waals surface area contributed by atoms with E-state index in [0.717, 1.165) is 0 Å². The lowest BCUT2D eigenvalue weighted by Gasteiger charge is -2.18. The van der Waals surface area contributed by atoms with Gasteiger partial charge in [-0.3, -0.25) is 0 Å². The van der Waals surface area contributed by atoms with Crippen LogP contribution in [0.1, 0.15) is 0 Å². The van der Waals surface area contributed by atoms with Gasteiger partial charge >= 0.3 is 11.2 Å². The van der Waals surface area contributed by atoms with E-state index in [0.29, 0.717) is 0 Å². The zero-order valence-electron chi connectivity index (χ0n) is 4.25. The van der Waals surface area contributed by atoms with Crippen LogP contribution in [0.3, 0.4) is 0 Å². The van der Waals surface area contributed by atoms with Gasteiger partial charge in [0.15, 0.2) is 0 Å². The third-order valence-corrected chi connectivity index (χ3v) is 1.09. The first kappa shape index (κ1) is 9.93. The Kier molecular flexibility index (Phi) is 2.87. The van der Waals surface area contributed by atoms with Crippen LogP contribution in [0.15, 0.2) is 0 Å². The van der Waals surface area contributed by atoms with Crippen molar-refractivity contribution < 1.29 is 25.8 Å². The maximum absolute atomic E-state index is 11.5. The van der Waals surface area contributed by atoms with E-state index >= 15 is 0 Å². The van der Waals surface area contributed by atoms with Crippen molar-refractivity contribution in [3.8, 4) is 0 Å². The smallest absolute Gasteiger partial charge is 0.237 e. The van der Waals surface area contributed by atoms with Crippen molar-refractivity contribution in [2.45, 2.75) is 11.2 Å². The summed E-state index contributed by atoms with van der Waals surface area (Å²) in [6.45, 7) is -1.54. The third kappa shape index (κ3) is 1.71. The van der Waals surface area contributed by atoms with Crippen LogP contribution in [0.5, 0.6) is 0 Å². The molecule has 10 heavy (non-hydrogen) atoms. The highest BCUT2D eigenvalue weighted by Gasteiger charge is 2.58. The van der Waals surface area contributed by atoms with Crippen LogP contribution in [0.25, 0.3) is 0 Å². The van der Waals surface area contributed by atoms with Crippen LogP contribution < -0.4 is 0 Å². The van der Waals surface area contributed by atoms with Gasteiger partial charge in [-0.1, -0.05) is 0 Å². The van der Waals surface area contributed by atoms with Gasteiger partial charge in [0, 0.05) is 0 Å². The van der Waals surface area contributed by atoms with Crippen molar-refractivity contribution in [2.75, 3.05) is 0 Å². The summed E-state index contributed by atoms with van der Waals surface area (Å²) in [6.07, 6.45) is 0. The number of hydrogen-bond donors (Lipinski definition) is 0. The van der Waals surface area contributed by atoms with Gasteiger partial charge in [-0.15, -0.1) is 0 Å². The van der Waals surface area contributed by atoms with Gasteiger partial charge in [-0.05, 0) is 0 Å². The Hall–Kier alpha value is -0.0700. The molecule has 0 atom stereocenters. The summed E-state index contributed by atoms with van der Waals surface area (Å²) in [7, 11) is 0. The molecule has 0 amide bonds. The molecule has 0 fully saturated rings. The van der Waals surface area contributed by atoms with Crippen LogP contribution in [-0.4, -0.2) is 11.2 Å².